The molecule has 136 valence electrons. The first-order valence-corrected chi connectivity index (χ1v) is 10.7. The van der Waals surface area contributed by atoms with Gasteiger partial charge in [-0.15, -0.1) is 0 Å². The van der Waals surface area contributed by atoms with Crippen LogP contribution in [-0.2, 0) is 11.3 Å². The molecule has 0 saturated carbocycles. The molecule has 2 heteroatoms. The number of hydrogen-bond donors (Lipinski definition) is 1. The minimum Gasteiger partial charge on any atom is -0.377 e. The van der Waals surface area contributed by atoms with Crippen LogP contribution in [0.4, 0.5) is 0 Å². The van der Waals surface area contributed by atoms with Gasteiger partial charge in [0.25, 0.3) is 0 Å². The lowest BCUT2D eigenvalue weighted by molar-refractivity contribution is 0.134. The van der Waals surface area contributed by atoms with E-state index in [1.807, 2.05) is 6.92 Å². The maximum Gasteiger partial charge on any atom is 0.0717 e. The zero-order chi connectivity index (χ0) is 18.5. The van der Waals surface area contributed by atoms with Crippen LogP contribution < -0.4 is 0 Å². The third-order valence-corrected chi connectivity index (χ3v) is 7.14. The van der Waals surface area contributed by atoms with Crippen LogP contribution in [-0.4, -0.2) is 6.61 Å². The summed E-state index contributed by atoms with van der Waals surface area (Å²) < 4.78 is 5.64. The molecule has 4 aromatic carbocycles. The van der Waals surface area contributed by atoms with Crippen molar-refractivity contribution < 1.29 is 4.74 Å². The zero-order valence-electron chi connectivity index (χ0n) is 15.5. The van der Waals surface area contributed by atoms with Crippen molar-refractivity contribution in [2.45, 2.75) is 28.2 Å². The summed E-state index contributed by atoms with van der Waals surface area (Å²) in [4.78, 5) is 4.14. The molecule has 0 amide bonds. The van der Waals surface area contributed by atoms with Crippen molar-refractivity contribution in [1.82, 2.24) is 0 Å². The van der Waals surface area contributed by atoms with Gasteiger partial charge in [0.1, 0.15) is 0 Å². The molecule has 0 bridgehead atoms. The monoisotopic (exact) mass is 372 g/mol. The van der Waals surface area contributed by atoms with Crippen LogP contribution in [0, 0.1) is 0 Å². The van der Waals surface area contributed by atoms with Crippen LogP contribution in [0.2, 0.25) is 0 Å². The van der Waals surface area contributed by atoms with Crippen LogP contribution in [0.15, 0.2) is 112 Å². The number of ether oxygens (including phenoxy) is 1. The Morgan fingerprint density at radius 3 is 2.26 bits per heavy atom. The second-order valence-corrected chi connectivity index (χ2v) is 8.66. The molecule has 1 atom stereocenters. The van der Waals surface area contributed by atoms with Crippen LogP contribution in [0.1, 0.15) is 12.5 Å². The standard InChI is InChI=1S/C25H24OS/c1-2-26-19-20-10-8-15-23(18-20)27(22-13-4-3-5-14-22)25-17-9-12-21-11-6-7-16-24(21)25/h3-18,27H,2,19H2,1H3. The molecule has 0 aliphatic heterocycles. The second-order valence-electron chi connectivity index (χ2n) is 6.48. The molecule has 0 aliphatic rings. The van der Waals surface area contributed by atoms with Crippen molar-refractivity contribution in [3.05, 3.63) is 103 Å². The molecule has 27 heavy (non-hydrogen) atoms. The largest absolute Gasteiger partial charge is 0.377 e. The highest BCUT2D eigenvalue weighted by Gasteiger charge is 2.15. The van der Waals surface area contributed by atoms with E-state index in [-0.39, 0.29) is 0 Å². The molecular weight excluding hydrogens is 348 g/mol. The van der Waals surface area contributed by atoms with Crippen molar-refractivity contribution in [2.24, 2.45) is 0 Å². The lowest BCUT2D eigenvalue weighted by atomic mass is 10.1. The highest BCUT2D eigenvalue weighted by molar-refractivity contribution is 8.17. The first-order valence-electron chi connectivity index (χ1n) is 9.36. The summed E-state index contributed by atoms with van der Waals surface area (Å²) >= 11 is 0. The molecule has 0 saturated heterocycles. The number of benzene rings is 4. The summed E-state index contributed by atoms with van der Waals surface area (Å²) in [6.45, 7) is 3.44. The predicted molar refractivity (Wildman–Crippen MR) is 116 cm³/mol. The Morgan fingerprint density at radius 2 is 1.41 bits per heavy atom. The maximum atomic E-state index is 5.64. The lowest BCUT2D eigenvalue weighted by Crippen LogP contribution is -1.94. The average molecular weight is 373 g/mol. The van der Waals surface area contributed by atoms with Gasteiger partial charge in [-0.3, -0.25) is 0 Å². The Morgan fingerprint density at radius 1 is 0.704 bits per heavy atom. The molecule has 1 unspecified atom stereocenters. The van der Waals surface area contributed by atoms with E-state index >= 15 is 0 Å². The predicted octanol–water partition coefficient (Wildman–Crippen LogP) is 6.85. The van der Waals surface area contributed by atoms with Gasteiger partial charge < -0.3 is 4.74 Å². The van der Waals surface area contributed by atoms with Crippen molar-refractivity contribution in [3.8, 4) is 0 Å². The third kappa shape index (κ3) is 3.92. The fourth-order valence-corrected chi connectivity index (χ4v) is 5.95. The molecule has 4 aromatic rings. The smallest absolute Gasteiger partial charge is 0.0717 e. The van der Waals surface area contributed by atoms with Gasteiger partial charge in [-0.05, 0) is 63.4 Å². The molecule has 0 spiro atoms. The molecule has 0 fully saturated rings. The number of rotatable bonds is 6. The Balaban J connectivity index is 1.88. The minimum atomic E-state index is -0.633. The Labute approximate surface area is 164 Å². The van der Waals surface area contributed by atoms with E-state index in [1.165, 1.54) is 31.0 Å². The van der Waals surface area contributed by atoms with E-state index in [0.29, 0.717) is 6.61 Å². The van der Waals surface area contributed by atoms with Crippen LogP contribution >= 0.6 is 10.9 Å². The van der Waals surface area contributed by atoms with E-state index in [0.717, 1.165) is 6.61 Å². The fourth-order valence-electron chi connectivity index (χ4n) is 3.41. The summed E-state index contributed by atoms with van der Waals surface area (Å²) in [5, 5.41) is 2.63. The molecule has 0 radical (unpaired) electrons. The van der Waals surface area contributed by atoms with E-state index in [9.17, 15) is 0 Å². The van der Waals surface area contributed by atoms with Gasteiger partial charge in [-0.25, -0.2) is 0 Å². The maximum absolute atomic E-state index is 5.64. The first-order chi connectivity index (χ1) is 13.4. The molecule has 1 nitrogen and oxygen atoms in total. The van der Waals surface area contributed by atoms with E-state index in [2.05, 4.69) is 97.1 Å². The summed E-state index contributed by atoms with van der Waals surface area (Å²) in [6, 6.07) is 35.1. The summed E-state index contributed by atoms with van der Waals surface area (Å²) in [5.74, 6) is 0. The highest BCUT2D eigenvalue weighted by atomic mass is 32.2. The first kappa shape index (κ1) is 17.8. The fraction of sp³-hybridized carbons (Fsp3) is 0.120. The van der Waals surface area contributed by atoms with Crippen molar-refractivity contribution in [1.29, 1.82) is 0 Å². The SMILES string of the molecule is CCOCc1cccc([SH](c2ccccc2)c2cccc3ccccc23)c1. The minimum absolute atomic E-state index is 0.633. The van der Waals surface area contributed by atoms with Crippen LogP contribution in [0.5, 0.6) is 0 Å². The van der Waals surface area contributed by atoms with Gasteiger partial charge in [0, 0.05) is 11.5 Å². The summed E-state index contributed by atoms with van der Waals surface area (Å²) in [7, 11) is -0.633. The highest BCUT2D eigenvalue weighted by Crippen LogP contribution is 2.53. The van der Waals surface area contributed by atoms with E-state index in [4.69, 9.17) is 4.74 Å². The molecule has 0 aromatic heterocycles. The Kier molecular flexibility index (Phi) is 5.57. The topological polar surface area (TPSA) is 9.23 Å². The number of fused-ring (bicyclic) bond motifs is 1. The molecular formula is C25H24OS. The van der Waals surface area contributed by atoms with Crippen molar-refractivity contribution in [3.63, 3.8) is 0 Å². The van der Waals surface area contributed by atoms with Gasteiger partial charge in [0.2, 0.25) is 0 Å². The normalized spacial score (nSPS) is 12.9. The van der Waals surface area contributed by atoms with Crippen LogP contribution in [0.3, 0.4) is 0 Å². The number of hydrogen-bond acceptors (Lipinski definition) is 1. The summed E-state index contributed by atoms with van der Waals surface area (Å²) in [6.07, 6.45) is 0. The molecule has 4 rings (SSSR count). The Bertz CT molecular complexity index is 1020. The average Bonchev–Trinajstić information content (AvgIpc) is 2.74. The zero-order valence-corrected chi connectivity index (χ0v) is 16.4. The van der Waals surface area contributed by atoms with Gasteiger partial charge >= 0.3 is 0 Å². The molecule has 0 aliphatic carbocycles. The summed E-state index contributed by atoms with van der Waals surface area (Å²) in [5.41, 5.74) is 1.23. The molecule has 0 N–H and O–H groups in total. The van der Waals surface area contributed by atoms with Gasteiger partial charge in [0.05, 0.1) is 6.61 Å². The second kappa shape index (κ2) is 8.43. The quantitative estimate of drug-likeness (QED) is 0.364. The van der Waals surface area contributed by atoms with E-state index < -0.39 is 10.9 Å². The van der Waals surface area contributed by atoms with Crippen LogP contribution in [0.25, 0.3) is 10.8 Å². The lowest BCUT2D eigenvalue weighted by Gasteiger charge is -2.25. The van der Waals surface area contributed by atoms with Crippen molar-refractivity contribution >= 4 is 21.7 Å². The van der Waals surface area contributed by atoms with Gasteiger partial charge in [-0.2, -0.15) is 10.9 Å². The third-order valence-electron chi connectivity index (χ3n) is 4.66. The van der Waals surface area contributed by atoms with Gasteiger partial charge in [-0.1, -0.05) is 66.7 Å². The van der Waals surface area contributed by atoms with Gasteiger partial charge in [0.15, 0.2) is 0 Å². The molecule has 0 heterocycles. The van der Waals surface area contributed by atoms with E-state index in [1.54, 1.807) is 0 Å². The van der Waals surface area contributed by atoms with Crippen molar-refractivity contribution in [2.75, 3.05) is 6.61 Å². The number of thiol groups is 1. The Hall–Kier alpha value is -2.55.